The van der Waals surface area contributed by atoms with E-state index in [0.29, 0.717) is 13.2 Å². The molecule has 0 amide bonds. The fraction of sp³-hybridized carbons (Fsp3) is 0.188. The van der Waals surface area contributed by atoms with E-state index in [0.717, 1.165) is 34.6 Å². The van der Waals surface area contributed by atoms with Crippen molar-refractivity contribution in [1.29, 1.82) is 0 Å². The Balaban J connectivity index is 1.92. The number of hydrazone groups is 1. The van der Waals surface area contributed by atoms with Gasteiger partial charge in [0.2, 0.25) is 0 Å². The number of hydrogen-bond donors (Lipinski definition) is 1. The second-order valence-electron chi connectivity index (χ2n) is 4.61. The summed E-state index contributed by atoms with van der Waals surface area (Å²) < 4.78 is 11.3. The first-order valence-electron chi connectivity index (χ1n) is 6.60. The highest BCUT2D eigenvalue weighted by Crippen LogP contribution is 2.34. The van der Waals surface area contributed by atoms with Crippen LogP contribution in [0.5, 0.6) is 11.5 Å². The van der Waals surface area contributed by atoms with E-state index in [4.69, 9.17) is 15.3 Å². The average Bonchev–Trinajstić information content (AvgIpc) is 2.73. The lowest BCUT2D eigenvalue weighted by Gasteiger charge is -2.09. The lowest BCUT2D eigenvalue weighted by Crippen LogP contribution is -1.97. The number of ether oxygens (including phenoxy) is 2. The Morgan fingerprint density at radius 1 is 0.900 bits per heavy atom. The quantitative estimate of drug-likeness (QED) is 0.517. The minimum Gasteiger partial charge on any atom is -0.490 e. The summed E-state index contributed by atoms with van der Waals surface area (Å²) in [6, 6.07) is 14.1. The van der Waals surface area contributed by atoms with E-state index in [2.05, 4.69) is 5.10 Å². The maximum atomic E-state index is 5.71. The Kier molecular flexibility index (Phi) is 3.54. The summed E-state index contributed by atoms with van der Waals surface area (Å²) in [6.45, 7) is 1.40. The zero-order chi connectivity index (χ0) is 13.8. The Bertz CT molecular complexity index is 621. The molecule has 1 aliphatic rings. The van der Waals surface area contributed by atoms with E-state index in [1.165, 1.54) is 0 Å². The van der Waals surface area contributed by atoms with Crippen LogP contribution in [0, 0.1) is 0 Å². The predicted molar refractivity (Wildman–Crippen MR) is 79.3 cm³/mol. The SMILES string of the molecule is NN=Cc1ccc(-c2ccc3c(c2)OCCCO3)cc1. The van der Waals surface area contributed by atoms with Crippen molar-refractivity contribution in [3.05, 3.63) is 48.0 Å². The third-order valence-corrected chi connectivity index (χ3v) is 3.22. The topological polar surface area (TPSA) is 56.8 Å². The second-order valence-corrected chi connectivity index (χ2v) is 4.61. The van der Waals surface area contributed by atoms with Gasteiger partial charge in [-0.05, 0) is 28.8 Å². The van der Waals surface area contributed by atoms with Crippen LogP contribution in [-0.2, 0) is 0 Å². The van der Waals surface area contributed by atoms with Crippen molar-refractivity contribution >= 4 is 6.21 Å². The number of nitrogens with two attached hydrogens (primary N) is 1. The molecule has 4 nitrogen and oxygen atoms in total. The maximum absolute atomic E-state index is 5.71. The van der Waals surface area contributed by atoms with Crippen LogP contribution in [0.25, 0.3) is 11.1 Å². The van der Waals surface area contributed by atoms with Gasteiger partial charge in [0.25, 0.3) is 0 Å². The molecule has 0 saturated carbocycles. The van der Waals surface area contributed by atoms with Crippen LogP contribution in [-0.4, -0.2) is 19.4 Å². The van der Waals surface area contributed by atoms with Gasteiger partial charge in [0, 0.05) is 6.42 Å². The van der Waals surface area contributed by atoms with Crippen molar-refractivity contribution in [2.75, 3.05) is 13.2 Å². The van der Waals surface area contributed by atoms with Gasteiger partial charge in [-0.25, -0.2) is 0 Å². The normalized spacial score (nSPS) is 14.2. The fourth-order valence-electron chi connectivity index (χ4n) is 2.19. The Morgan fingerprint density at radius 2 is 1.60 bits per heavy atom. The summed E-state index contributed by atoms with van der Waals surface area (Å²) in [5.74, 6) is 6.77. The van der Waals surface area contributed by atoms with Crippen LogP contribution in [0.15, 0.2) is 47.6 Å². The van der Waals surface area contributed by atoms with Crippen LogP contribution in [0.1, 0.15) is 12.0 Å². The lowest BCUT2D eigenvalue weighted by molar-refractivity contribution is 0.297. The first kappa shape index (κ1) is 12.5. The molecule has 2 aromatic rings. The minimum absolute atomic E-state index is 0.697. The molecule has 0 aliphatic carbocycles. The van der Waals surface area contributed by atoms with Gasteiger partial charge < -0.3 is 15.3 Å². The van der Waals surface area contributed by atoms with Crippen LogP contribution in [0.3, 0.4) is 0 Å². The first-order chi connectivity index (χ1) is 9.86. The molecule has 2 N–H and O–H groups in total. The predicted octanol–water partition coefficient (Wildman–Crippen LogP) is 2.81. The molecule has 0 fully saturated rings. The highest BCUT2D eigenvalue weighted by molar-refractivity contribution is 5.81. The Morgan fingerprint density at radius 3 is 2.35 bits per heavy atom. The number of rotatable bonds is 2. The molecule has 0 spiro atoms. The molecular weight excluding hydrogens is 252 g/mol. The summed E-state index contributed by atoms with van der Waals surface area (Å²) >= 11 is 0. The fourth-order valence-corrected chi connectivity index (χ4v) is 2.19. The van der Waals surface area contributed by atoms with Crippen molar-refractivity contribution in [1.82, 2.24) is 0 Å². The minimum atomic E-state index is 0.697. The summed E-state index contributed by atoms with van der Waals surface area (Å²) in [6.07, 6.45) is 2.54. The van der Waals surface area contributed by atoms with Crippen molar-refractivity contribution < 1.29 is 9.47 Å². The number of fused-ring (bicyclic) bond motifs is 1. The van der Waals surface area contributed by atoms with E-state index in [9.17, 15) is 0 Å². The summed E-state index contributed by atoms with van der Waals surface area (Å²) in [5.41, 5.74) is 3.20. The van der Waals surface area contributed by atoms with E-state index in [-0.39, 0.29) is 0 Å². The third-order valence-electron chi connectivity index (χ3n) is 3.22. The van der Waals surface area contributed by atoms with Gasteiger partial charge in [-0.2, -0.15) is 5.10 Å². The smallest absolute Gasteiger partial charge is 0.161 e. The molecule has 20 heavy (non-hydrogen) atoms. The van der Waals surface area contributed by atoms with E-state index in [1.54, 1.807) is 6.21 Å². The van der Waals surface area contributed by atoms with Gasteiger partial charge in [0.05, 0.1) is 19.4 Å². The monoisotopic (exact) mass is 268 g/mol. The highest BCUT2D eigenvalue weighted by atomic mass is 16.5. The number of hydrogen-bond acceptors (Lipinski definition) is 4. The molecule has 0 unspecified atom stereocenters. The van der Waals surface area contributed by atoms with E-state index < -0.39 is 0 Å². The van der Waals surface area contributed by atoms with Gasteiger partial charge >= 0.3 is 0 Å². The molecule has 0 bridgehead atoms. The Hall–Kier alpha value is -2.49. The molecule has 0 aromatic heterocycles. The molecule has 1 heterocycles. The average molecular weight is 268 g/mol. The summed E-state index contributed by atoms with van der Waals surface area (Å²) in [7, 11) is 0. The van der Waals surface area contributed by atoms with Crippen LogP contribution in [0.4, 0.5) is 0 Å². The third kappa shape index (κ3) is 2.59. The molecule has 0 radical (unpaired) electrons. The standard InChI is InChI=1S/C16H16N2O2/c17-18-11-12-2-4-13(5-3-12)14-6-7-15-16(10-14)20-9-1-8-19-15/h2-7,10-11H,1,8-9,17H2. The zero-order valence-corrected chi connectivity index (χ0v) is 11.1. The molecule has 4 heteroatoms. The molecule has 102 valence electrons. The molecular formula is C16H16N2O2. The lowest BCUT2D eigenvalue weighted by atomic mass is 10.0. The zero-order valence-electron chi connectivity index (χ0n) is 11.1. The second kappa shape index (κ2) is 5.65. The number of nitrogens with zero attached hydrogens (tertiary/aromatic N) is 1. The van der Waals surface area contributed by atoms with E-state index >= 15 is 0 Å². The largest absolute Gasteiger partial charge is 0.490 e. The maximum Gasteiger partial charge on any atom is 0.161 e. The van der Waals surface area contributed by atoms with Gasteiger partial charge in [-0.15, -0.1) is 0 Å². The van der Waals surface area contributed by atoms with Crippen LogP contribution >= 0.6 is 0 Å². The summed E-state index contributed by atoms with van der Waals surface area (Å²) in [4.78, 5) is 0. The molecule has 1 aliphatic heterocycles. The molecule has 0 atom stereocenters. The number of benzene rings is 2. The van der Waals surface area contributed by atoms with Crippen LogP contribution in [0.2, 0.25) is 0 Å². The molecule has 2 aromatic carbocycles. The Labute approximate surface area is 117 Å². The van der Waals surface area contributed by atoms with Gasteiger partial charge in [0.1, 0.15) is 0 Å². The van der Waals surface area contributed by atoms with E-state index in [1.807, 2.05) is 42.5 Å². The van der Waals surface area contributed by atoms with Crippen LogP contribution < -0.4 is 15.3 Å². The van der Waals surface area contributed by atoms with Crippen molar-refractivity contribution in [2.24, 2.45) is 10.9 Å². The first-order valence-corrected chi connectivity index (χ1v) is 6.60. The summed E-state index contributed by atoms with van der Waals surface area (Å²) in [5, 5.41) is 3.51. The highest BCUT2D eigenvalue weighted by Gasteiger charge is 2.11. The van der Waals surface area contributed by atoms with Crippen molar-refractivity contribution in [3.63, 3.8) is 0 Å². The van der Waals surface area contributed by atoms with Crippen molar-refractivity contribution in [3.8, 4) is 22.6 Å². The molecule has 0 saturated heterocycles. The van der Waals surface area contributed by atoms with Gasteiger partial charge in [-0.3, -0.25) is 0 Å². The van der Waals surface area contributed by atoms with Gasteiger partial charge in [0.15, 0.2) is 11.5 Å². The molecule has 3 rings (SSSR count). The van der Waals surface area contributed by atoms with Crippen molar-refractivity contribution in [2.45, 2.75) is 6.42 Å². The van der Waals surface area contributed by atoms with Gasteiger partial charge in [-0.1, -0.05) is 30.3 Å².